The van der Waals surface area contributed by atoms with E-state index in [9.17, 15) is 14.9 Å². The van der Waals surface area contributed by atoms with Crippen LogP contribution in [0, 0.1) is 10.1 Å². The van der Waals surface area contributed by atoms with Crippen LogP contribution in [0.2, 0.25) is 0 Å². The molecule has 0 saturated carbocycles. The van der Waals surface area contributed by atoms with Gasteiger partial charge in [-0.25, -0.2) is 4.98 Å². The summed E-state index contributed by atoms with van der Waals surface area (Å²) >= 11 is 0. The maximum Gasteiger partial charge on any atom is 0.295 e. The standard InChI is InChI=1S/C14H14N4O3/c19-13-5-4-9(17-13)8-16-11-6-7-15-14-10(11)2-1-3-12(14)18(20)21/h1-3,6-7,9H,4-5,8H2,(H,15,16)(H,17,19). The van der Waals surface area contributed by atoms with Crippen LogP contribution in [0.15, 0.2) is 30.5 Å². The number of hydrogen-bond donors (Lipinski definition) is 2. The molecule has 1 saturated heterocycles. The summed E-state index contributed by atoms with van der Waals surface area (Å²) in [5.74, 6) is 0.0667. The van der Waals surface area contributed by atoms with Crippen LogP contribution in [0.25, 0.3) is 10.9 Å². The molecule has 108 valence electrons. The Kier molecular flexibility index (Phi) is 3.39. The van der Waals surface area contributed by atoms with Crippen LogP contribution in [-0.2, 0) is 4.79 Å². The number of nitrogens with one attached hydrogen (secondary N) is 2. The topological polar surface area (TPSA) is 97.2 Å². The number of para-hydroxylation sites is 1. The van der Waals surface area contributed by atoms with E-state index in [2.05, 4.69) is 15.6 Å². The first kappa shape index (κ1) is 13.3. The number of pyridine rings is 1. The second-order valence-corrected chi connectivity index (χ2v) is 4.97. The highest BCUT2D eigenvalue weighted by Crippen LogP contribution is 2.28. The number of nitro groups is 1. The molecule has 1 aromatic carbocycles. The number of non-ortho nitro benzene ring substituents is 1. The lowest BCUT2D eigenvalue weighted by Crippen LogP contribution is -2.31. The van der Waals surface area contributed by atoms with Crippen molar-refractivity contribution in [2.45, 2.75) is 18.9 Å². The summed E-state index contributed by atoms with van der Waals surface area (Å²) in [4.78, 5) is 25.9. The maximum absolute atomic E-state index is 11.2. The molecule has 21 heavy (non-hydrogen) atoms. The Balaban J connectivity index is 1.87. The molecule has 1 aromatic heterocycles. The van der Waals surface area contributed by atoms with E-state index in [-0.39, 0.29) is 17.6 Å². The monoisotopic (exact) mass is 286 g/mol. The molecule has 2 aromatic rings. The molecule has 0 spiro atoms. The zero-order valence-corrected chi connectivity index (χ0v) is 11.2. The molecule has 2 N–H and O–H groups in total. The average Bonchev–Trinajstić information content (AvgIpc) is 2.90. The lowest BCUT2D eigenvalue weighted by molar-refractivity contribution is -0.383. The molecule has 3 rings (SSSR count). The van der Waals surface area contributed by atoms with Crippen LogP contribution in [-0.4, -0.2) is 28.4 Å². The average molecular weight is 286 g/mol. The molecule has 1 atom stereocenters. The van der Waals surface area contributed by atoms with Crippen LogP contribution in [0.1, 0.15) is 12.8 Å². The maximum atomic E-state index is 11.2. The van der Waals surface area contributed by atoms with Crippen molar-refractivity contribution < 1.29 is 9.72 Å². The number of hydrogen-bond acceptors (Lipinski definition) is 5. The fourth-order valence-corrected chi connectivity index (χ4v) is 2.53. The molecule has 2 heterocycles. The number of nitrogens with zero attached hydrogens (tertiary/aromatic N) is 2. The highest BCUT2D eigenvalue weighted by atomic mass is 16.6. The zero-order valence-electron chi connectivity index (χ0n) is 11.2. The van der Waals surface area contributed by atoms with Gasteiger partial charge in [-0.1, -0.05) is 12.1 Å². The van der Waals surface area contributed by atoms with Gasteiger partial charge in [0, 0.05) is 42.3 Å². The van der Waals surface area contributed by atoms with Crippen molar-refractivity contribution in [3.05, 3.63) is 40.6 Å². The van der Waals surface area contributed by atoms with Crippen molar-refractivity contribution in [3.63, 3.8) is 0 Å². The van der Waals surface area contributed by atoms with Gasteiger partial charge in [-0.2, -0.15) is 0 Å². The second kappa shape index (κ2) is 5.35. The lowest BCUT2D eigenvalue weighted by atomic mass is 10.1. The Morgan fingerprint density at radius 1 is 1.43 bits per heavy atom. The number of fused-ring (bicyclic) bond motifs is 1. The summed E-state index contributed by atoms with van der Waals surface area (Å²) in [5, 5.41) is 17.8. The summed E-state index contributed by atoms with van der Waals surface area (Å²) in [6.45, 7) is 0.591. The predicted octanol–water partition coefficient (Wildman–Crippen LogP) is 1.83. The van der Waals surface area contributed by atoms with Crippen LogP contribution < -0.4 is 10.6 Å². The first-order chi connectivity index (χ1) is 10.1. The minimum absolute atomic E-state index is 0.00896. The van der Waals surface area contributed by atoms with Gasteiger partial charge < -0.3 is 10.6 Å². The van der Waals surface area contributed by atoms with E-state index in [0.29, 0.717) is 23.9 Å². The fraction of sp³-hybridized carbons (Fsp3) is 0.286. The molecule has 1 unspecified atom stereocenters. The van der Waals surface area contributed by atoms with Crippen molar-refractivity contribution in [2.24, 2.45) is 0 Å². The van der Waals surface area contributed by atoms with Crippen molar-refractivity contribution in [1.82, 2.24) is 10.3 Å². The second-order valence-electron chi connectivity index (χ2n) is 4.97. The molecule has 1 aliphatic heterocycles. The zero-order chi connectivity index (χ0) is 14.8. The first-order valence-corrected chi connectivity index (χ1v) is 6.70. The van der Waals surface area contributed by atoms with Crippen molar-refractivity contribution in [1.29, 1.82) is 0 Å². The normalized spacial score (nSPS) is 17.7. The number of anilines is 1. The largest absolute Gasteiger partial charge is 0.382 e. The Labute approximate surface area is 120 Å². The number of rotatable bonds is 4. The summed E-state index contributed by atoms with van der Waals surface area (Å²) in [6, 6.07) is 6.76. The van der Waals surface area contributed by atoms with Crippen LogP contribution in [0.5, 0.6) is 0 Å². The molecule has 7 heteroatoms. The highest BCUT2D eigenvalue weighted by Gasteiger charge is 2.21. The minimum Gasteiger partial charge on any atom is -0.382 e. The van der Waals surface area contributed by atoms with Crippen LogP contribution in [0.4, 0.5) is 11.4 Å². The van der Waals surface area contributed by atoms with E-state index in [1.165, 1.54) is 6.07 Å². The van der Waals surface area contributed by atoms with Gasteiger partial charge >= 0.3 is 0 Å². The molecule has 7 nitrogen and oxygen atoms in total. The number of carbonyl (C=O) groups is 1. The Morgan fingerprint density at radius 2 is 2.29 bits per heavy atom. The molecule has 1 aliphatic rings. The van der Waals surface area contributed by atoms with Gasteiger partial charge in [-0.15, -0.1) is 0 Å². The van der Waals surface area contributed by atoms with E-state index < -0.39 is 4.92 Å². The summed E-state index contributed by atoms with van der Waals surface area (Å²) < 4.78 is 0. The molecule has 0 bridgehead atoms. The minimum atomic E-state index is -0.434. The van der Waals surface area contributed by atoms with Gasteiger partial charge in [0.05, 0.1) is 4.92 Å². The molecule has 0 aliphatic carbocycles. The third-order valence-electron chi connectivity index (χ3n) is 3.57. The Hall–Kier alpha value is -2.70. The van der Waals surface area contributed by atoms with E-state index in [1.54, 1.807) is 24.4 Å². The molecule has 1 amide bonds. The molecular weight excluding hydrogens is 272 g/mol. The number of nitro benzene ring substituents is 1. The van der Waals surface area contributed by atoms with E-state index >= 15 is 0 Å². The lowest BCUT2D eigenvalue weighted by Gasteiger charge is -2.13. The molecule has 0 radical (unpaired) electrons. The fourth-order valence-electron chi connectivity index (χ4n) is 2.53. The number of aromatic nitrogens is 1. The van der Waals surface area contributed by atoms with Crippen molar-refractivity contribution in [3.8, 4) is 0 Å². The Bertz CT molecular complexity index is 716. The summed E-state index contributed by atoms with van der Waals surface area (Å²) in [7, 11) is 0. The van der Waals surface area contributed by atoms with Crippen LogP contribution >= 0.6 is 0 Å². The van der Waals surface area contributed by atoms with E-state index in [0.717, 1.165) is 12.1 Å². The number of carbonyl (C=O) groups excluding carboxylic acids is 1. The van der Waals surface area contributed by atoms with Crippen molar-refractivity contribution >= 4 is 28.2 Å². The van der Waals surface area contributed by atoms with Gasteiger partial charge in [-0.05, 0) is 12.5 Å². The quantitative estimate of drug-likeness (QED) is 0.660. The molecule has 1 fully saturated rings. The number of amides is 1. The SMILES string of the molecule is O=C1CCC(CNc2ccnc3c([N+](=O)[O-])cccc23)N1. The predicted molar refractivity (Wildman–Crippen MR) is 78.1 cm³/mol. The van der Waals surface area contributed by atoms with Crippen molar-refractivity contribution in [2.75, 3.05) is 11.9 Å². The molecular formula is C14H14N4O3. The Morgan fingerprint density at radius 3 is 3.00 bits per heavy atom. The van der Waals surface area contributed by atoms with E-state index in [4.69, 9.17) is 0 Å². The highest BCUT2D eigenvalue weighted by molar-refractivity contribution is 5.96. The first-order valence-electron chi connectivity index (χ1n) is 6.70. The van der Waals surface area contributed by atoms with Gasteiger partial charge in [0.25, 0.3) is 5.69 Å². The third kappa shape index (κ3) is 2.62. The van der Waals surface area contributed by atoms with Gasteiger partial charge in [-0.3, -0.25) is 14.9 Å². The number of benzene rings is 1. The van der Waals surface area contributed by atoms with Gasteiger partial charge in [0.15, 0.2) is 0 Å². The van der Waals surface area contributed by atoms with E-state index in [1.807, 2.05) is 0 Å². The van der Waals surface area contributed by atoms with Gasteiger partial charge in [0.2, 0.25) is 5.91 Å². The van der Waals surface area contributed by atoms with Crippen LogP contribution in [0.3, 0.4) is 0 Å². The summed E-state index contributed by atoms with van der Waals surface area (Å²) in [5.41, 5.74) is 1.14. The smallest absolute Gasteiger partial charge is 0.295 e. The third-order valence-corrected chi connectivity index (χ3v) is 3.57. The summed E-state index contributed by atoms with van der Waals surface area (Å²) in [6.07, 6.45) is 2.90. The van der Waals surface area contributed by atoms with Gasteiger partial charge in [0.1, 0.15) is 5.52 Å².